The smallest absolute Gasteiger partial charge is 0.261 e. The van der Waals surface area contributed by atoms with E-state index in [0.717, 1.165) is 10.6 Å². The molecule has 0 aliphatic heterocycles. The maximum atomic E-state index is 12.9. The van der Waals surface area contributed by atoms with E-state index in [4.69, 9.17) is 23.2 Å². The van der Waals surface area contributed by atoms with Crippen molar-refractivity contribution >= 4 is 66.2 Å². The van der Waals surface area contributed by atoms with Crippen molar-refractivity contribution in [3.8, 4) is 0 Å². The number of rotatable bonds is 8. The van der Waals surface area contributed by atoms with Gasteiger partial charge < -0.3 is 5.32 Å². The number of carbonyl (C=O) groups is 1. The van der Waals surface area contributed by atoms with E-state index in [1.54, 1.807) is 37.3 Å². The van der Waals surface area contributed by atoms with E-state index in [0.29, 0.717) is 10.6 Å². The van der Waals surface area contributed by atoms with Crippen LogP contribution in [0.5, 0.6) is 0 Å². The predicted octanol–water partition coefficient (Wildman–Crippen LogP) is 4.90. The van der Waals surface area contributed by atoms with Crippen molar-refractivity contribution in [3.63, 3.8) is 0 Å². The fourth-order valence-corrected chi connectivity index (χ4v) is 6.02. The summed E-state index contributed by atoms with van der Waals surface area (Å²) in [6.07, 6.45) is 1.00. The van der Waals surface area contributed by atoms with Crippen molar-refractivity contribution in [1.29, 1.82) is 0 Å². The van der Waals surface area contributed by atoms with Gasteiger partial charge in [0.2, 0.25) is 15.9 Å². The average Bonchev–Trinajstić information content (AvgIpc) is 2.77. The number of nitrogens with zero attached hydrogens (tertiary/aromatic N) is 1. The van der Waals surface area contributed by atoms with Crippen LogP contribution in [-0.4, -0.2) is 35.0 Å². The van der Waals surface area contributed by atoms with E-state index >= 15 is 0 Å². The highest BCUT2D eigenvalue weighted by Crippen LogP contribution is 2.29. The maximum absolute atomic E-state index is 12.9. The van der Waals surface area contributed by atoms with Crippen molar-refractivity contribution in [3.05, 3.63) is 82.3 Å². The Morgan fingerprint density at radius 1 is 0.943 bits per heavy atom. The lowest BCUT2D eigenvalue weighted by atomic mass is 10.1. The van der Waals surface area contributed by atoms with Gasteiger partial charge in [0.15, 0.2) is 0 Å². The van der Waals surface area contributed by atoms with Gasteiger partial charge in [-0.15, -0.1) is 0 Å². The molecule has 0 saturated carbocycles. The van der Waals surface area contributed by atoms with Crippen LogP contribution < -0.4 is 14.3 Å². The van der Waals surface area contributed by atoms with E-state index < -0.39 is 32.0 Å². The number of hydrogen-bond donors (Lipinski definition) is 2. The molecule has 186 valence electrons. The van der Waals surface area contributed by atoms with Crippen LogP contribution in [0.1, 0.15) is 12.5 Å². The quantitative estimate of drug-likeness (QED) is 0.410. The predicted molar refractivity (Wildman–Crippen MR) is 140 cm³/mol. The summed E-state index contributed by atoms with van der Waals surface area (Å²) in [7, 11) is -7.76. The van der Waals surface area contributed by atoms with Gasteiger partial charge in [-0.25, -0.2) is 16.8 Å². The van der Waals surface area contributed by atoms with Crippen LogP contribution in [0.2, 0.25) is 10.0 Å². The van der Waals surface area contributed by atoms with Crippen LogP contribution in [0.15, 0.2) is 71.6 Å². The average molecular weight is 556 g/mol. The lowest BCUT2D eigenvalue weighted by Crippen LogP contribution is -2.45. The molecule has 0 aliphatic rings. The second kappa shape index (κ2) is 10.4. The van der Waals surface area contributed by atoms with Gasteiger partial charge in [0.1, 0.15) is 6.04 Å². The van der Waals surface area contributed by atoms with Gasteiger partial charge in [0, 0.05) is 10.7 Å². The molecule has 0 saturated heterocycles. The van der Waals surface area contributed by atoms with Crippen LogP contribution >= 0.6 is 23.2 Å². The Kier molecular flexibility index (Phi) is 8.00. The molecule has 3 aromatic rings. The topological polar surface area (TPSA) is 113 Å². The third kappa shape index (κ3) is 6.46. The molecule has 0 fully saturated rings. The summed E-state index contributed by atoms with van der Waals surface area (Å²) in [5.41, 5.74) is 1.43. The molecule has 0 aromatic heterocycles. The monoisotopic (exact) mass is 555 g/mol. The van der Waals surface area contributed by atoms with Crippen molar-refractivity contribution in [2.24, 2.45) is 0 Å². The van der Waals surface area contributed by atoms with Crippen LogP contribution in [0, 0.1) is 6.92 Å². The Morgan fingerprint density at radius 2 is 1.57 bits per heavy atom. The van der Waals surface area contributed by atoms with Gasteiger partial charge in [-0.3, -0.25) is 13.8 Å². The summed E-state index contributed by atoms with van der Waals surface area (Å²) >= 11 is 12.1. The summed E-state index contributed by atoms with van der Waals surface area (Å²) in [5.74, 6) is -0.611. The van der Waals surface area contributed by atoms with Gasteiger partial charge in [-0.2, -0.15) is 0 Å². The highest BCUT2D eigenvalue weighted by Gasteiger charge is 2.30. The maximum Gasteiger partial charge on any atom is 0.261 e. The molecule has 3 rings (SSSR count). The molecule has 0 bridgehead atoms. The zero-order chi connectivity index (χ0) is 26.0. The van der Waals surface area contributed by atoms with Crippen molar-refractivity contribution < 1.29 is 21.6 Å². The van der Waals surface area contributed by atoms with Crippen LogP contribution in [0.4, 0.5) is 17.1 Å². The largest absolute Gasteiger partial charge is 0.324 e. The lowest BCUT2D eigenvalue weighted by Gasteiger charge is -2.29. The minimum Gasteiger partial charge on any atom is -0.324 e. The molecule has 12 heteroatoms. The Morgan fingerprint density at radius 3 is 2.17 bits per heavy atom. The van der Waals surface area contributed by atoms with E-state index in [1.807, 2.05) is 0 Å². The summed E-state index contributed by atoms with van der Waals surface area (Å²) in [6.45, 7) is 3.16. The minimum absolute atomic E-state index is 0.0456. The van der Waals surface area contributed by atoms with Gasteiger partial charge in [-0.05, 0) is 67.9 Å². The van der Waals surface area contributed by atoms with Crippen LogP contribution in [0.3, 0.4) is 0 Å². The molecule has 1 atom stereocenters. The minimum atomic E-state index is -3.92. The Balaban J connectivity index is 1.80. The number of aryl methyl sites for hydroxylation is 1. The lowest BCUT2D eigenvalue weighted by molar-refractivity contribution is -0.116. The normalized spacial score (nSPS) is 12.6. The highest BCUT2D eigenvalue weighted by atomic mass is 35.5. The van der Waals surface area contributed by atoms with Crippen molar-refractivity contribution in [2.75, 3.05) is 20.6 Å². The summed E-state index contributed by atoms with van der Waals surface area (Å²) in [6, 6.07) is 15.5. The Labute approximate surface area is 215 Å². The third-order valence-electron chi connectivity index (χ3n) is 5.05. The molecule has 3 aromatic carbocycles. The molecule has 0 aliphatic carbocycles. The molecule has 0 radical (unpaired) electrons. The molecule has 0 heterocycles. The second-order valence-electron chi connectivity index (χ2n) is 7.76. The zero-order valence-corrected chi connectivity index (χ0v) is 22.1. The first-order chi connectivity index (χ1) is 16.3. The molecular formula is C23H23Cl2N3O5S2. The van der Waals surface area contributed by atoms with Crippen molar-refractivity contribution in [1.82, 2.24) is 0 Å². The van der Waals surface area contributed by atoms with E-state index in [1.165, 1.54) is 43.3 Å². The van der Waals surface area contributed by atoms with E-state index in [-0.39, 0.29) is 27.0 Å². The van der Waals surface area contributed by atoms with Gasteiger partial charge in [0.25, 0.3) is 10.0 Å². The number of benzene rings is 3. The zero-order valence-electron chi connectivity index (χ0n) is 19.0. The number of carbonyl (C=O) groups excluding carboxylic acids is 1. The number of anilines is 3. The summed E-state index contributed by atoms with van der Waals surface area (Å²) in [5, 5.41) is 3.20. The number of amides is 1. The fraction of sp³-hybridized carbons (Fsp3) is 0.174. The number of para-hydroxylation sites is 1. The van der Waals surface area contributed by atoms with E-state index in [2.05, 4.69) is 10.0 Å². The SMILES string of the molecule is Cc1ccc(Cl)cc1N([C@H](C)C(=O)Nc1ccc(S(=O)(=O)Nc2ccccc2Cl)cc1)S(C)(=O)=O. The summed E-state index contributed by atoms with van der Waals surface area (Å²) < 4.78 is 53.8. The molecule has 8 nitrogen and oxygen atoms in total. The first-order valence-corrected chi connectivity index (χ1v) is 14.3. The highest BCUT2D eigenvalue weighted by molar-refractivity contribution is 7.92. The van der Waals surface area contributed by atoms with Crippen LogP contribution in [-0.2, 0) is 24.8 Å². The first kappa shape index (κ1) is 26.8. The van der Waals surface area contributed by atoms with Crippen molar-refractivity contribution in [2.45, 2.75) is 24.8 Å². The van der Waals surface area contributed by atoms with E-state index in [9.17, 15) is 21.6 Å². The molecule has 1 amide bonds. The number of sulfonamides is 2. The number of halogens is 2. The van der Waals surface area contributed by atoms with Gasteiger partial charge >= 0.3 is 0 Å². The fourth-order valence-electron chi connectivity index (χ4n) is 3.31. The molecule has 35 heavy (non-hydrogen) atoms. The molecule has 2 N–H and O–H groups in total. The molecule has 0 unspecified atom stereocenters. The number of hydrogen-bond acceptors (Lipinski definition) is 5. The molecule has 0 spiro atoms. The second-order valence-corrected chi connectivity index (χ2v) is 12.2. The number of nitrogens with one attached hydrogen (secondary N) is 2. The standard InChI is InChI=1S/C23H23Cl2N3O5S2/c1-15-8-9-17(24)14-22(15)28(34(3,30)31)16(2)23(29)26-18-10-12-19(13-11-18)35(32,33)27-21-7-5-4-6-20(21)25/h4-14,16,27H,1-3H3,(H,26,29)/t16-/m1/s1. The Bertz CT molecular complexity index is 1460. The van der Waals surface area contributed by atoms with Gasteiger partial charge in [0.05, 0.1) is 27.5 Å². The summed E-state index contributed by atoms with van der Waals surface area (Å²) in [4.78, 5) is 12.9. The van der Waals surface area contributed by atoms with Crippen LogP contribution in [0.25, 0.3) is 0 Å². The first-order valence-electron chi connectivity index (χ1n) is 10.2. The van der Waals surface area contributed by atoms with Gasteiger partial charge in [-0.1, -0.05) is 41.4 Å². The third-order valence-corrected chi connectivity index (χ3v) is 8.22. The molecular weight excluding hydrogens is 533 g/mol. The Hall–Kier alpha value is -2.79.